The summed E-state index contributed by atoms with van der Waals surface area (Å²) in [6.45, 7) is 2.53. The quantitative estimate of drug-likeness (QED) is 0.854. The summed E-state index contributed by atoms with van der Waals surface area (Å²) >= 11 is 0. The smallest absolute Gasteiger partial charge is 0.240 e. The van der Waals surface area contributed by atoms with Gasteiger partial charge in [-0.25, -0.2) is 4.68 Å². The Balaban J connectivity index is 1.41. The number of carbonyl (C=O) groups excluding carboxylic acids is 2. The van der Waals surface area contributed by atoms with E-state index in [0.717, 1.165) is 44.6 Å². The Kier molecular flexibility index (Phi) is 4.62. The Morgan fingerprint density at radius 2 is 2.00 bits per heavy atom. The first-order valence-corrected chi connectivity index (χ1v) is 10.5. The molecule has 0 spiro atoms. The predicted octanol–water partition coefficient (Wildman–Crippen LogP) is 1.56. The molecule has 0 saturated carbocycles. The third-order valence-corrected chi connectivity index (χ3v) is 6.85. The van der Waals surface area contributed by atoms with E-state index in [2.05, 4.69) is 28.2 Å². The first kappa shape index (κ1) is 18.4. The molecule has 3 aliphatic rings. The highest BCUT2D eigenvalue weighted by molar-refractivity contribution is 5.88. The molecule has 0 unspecified atom stereocenters. The van der Waals surface area contributed by atoms with E-state index in [1.165, 1.54) is 5.56 Å². The third-order valence-electron chi connectivity index (χ3n) is 6.85. The fraction of sp³-hybridized carbons (Fsp3) is 0.500. The van der Waals surface area contributed by atoms with Crippen molar-refractivity contribution in [2.45, 2.75) is 44.3 Å². The molecule has 3 fully saturated rings. The summed E-state index contributed by atoms with van der Waals surface area (Å²) in [5.41, 5.74) is 8.08. The van der Waals surface area contributed by atoms with Crippen molar-refractivity contribution in [1.82, 2.24) is 19.6 Å². The second kappa shape index (κ2) is 7.30. The number of aromatic nitrogens is 2. The van der Waals surface area contributed by atoms with Gasteiger partial charge in [0.25, 0.3) is 0 Å². The average Bonchev–Trinajstić information content (AvgIpc) is 3.23. The molecular formula is C22H27N5O2. The molecule has 3 saturated heterocycles. The molecule has 2 aromatic rings. The third kappa shape index (κ3) is 3.23. The zero-order chi connectivity index (χ0) is 20.0. The summed E-state index contributed by atoms with van der Waals surface area (Å²) in [7, 11) is 0. The van der Waals surface area contributed by atoms with Crippen molar-refractivity contribution >= 4 is 11.8 Å². The van der Waals surface area contributed by atoms with Gasteiger partial charge in [0.15, 0.2) is 0 Å². The van der Waals surface area contributed by atoms with Crippen molar-refractivity contribution in [2.75, 3.05) is 13.1 Å². The Hall–Kier alpha value is -2.67. The maximum atomic E-state index is 12.6. The van der Waals surface area contributed by atoms with Crippen LogP contribution in [0.5, 0.6) is 0 Å². The number of hydrogen-bond donors (Lipinski definition) is 1. The lowest BCUT2D eigenvalue weighted by Gasteiger charge is -2.55. The summed E-state index contributed by atoms with van der Waals surface area (Å²) in [6, 6.07) is 9.92. The SMILES string of the molecule is NC(=O)[C@H]1[C@@H]2C[C@@H](CN(Cc3ccccc3-n3cccn3)C2)[C@@H]2CCCC(=O)N21. The Morgan fingerprint density at radius 1 is 1.17 bits per heavy atom. The van der Waals surface area contributed by atoms with Crippen LogP contribution in [0, 0.1) is 11.8 Å². The summed E-state index contributed by atoms with van der Waals surface area (Å²) in [4.78, 5) is 29.2. The molecule has 0 aliphatic carbocycles. The first-order chi connectivity index (χ1) is 14.1. The van der Waals surface area contributed by atoms with E-state index in [1.54, 1.807) is 6.20 Å². The van der Waals surface area contributed by atoms with Crippen molar-refractivity contribution in [1.29, 1.82) is 0 Å². The minimum atomic E-state index is -0.465. The van der Waals surface area contributed by atoms with Gasteiger partial charge < -0.3 is 10.6 Å². The van der Waals surface area contributed by atoms with Crippen LogP contribution < -0.4 is 5.73 Å². The van der Waals surface area contributed by atoms with Crippen LogP contribution in [0.4, 0.5) is 0 Å². The highest BCUT2D eigenvalue weighted by atomic mass is 16.2. The molecule has 2 bridgehead atoms. The molecule has 2 N–H and O–H groups in total. The van der Waals surface area contributed by atoms with Gasteiger partial charge in [0, 0.05) is 50.4 Å². The maximum Gasteiger partial charge on any atom is 0.240 e. The zero-order valence-corrected chi connectivity index (χ0v) is 16.5. The number of rotatable bonds is 4. The van der Waals surface area contributed by atoms with Gasteiger partial charge in [-0.2, -0.15) is 5.10 Å². The number of primary amides is 1. The van der Waals surface area contributed by atoms with Crippen molar-refractivity contribution in [2.24, 2.45) is 17.6 Å². The molecule has 7 nitrogen and oxygen atoms in total. The molecule has 0 radical (unpaired) electrons. The van der Waals surface area contributed by atoms with Crippen molar-refractivity contribution in [3.05, 3.63) is 48.3 Å². The summed E-state index contributed by atoms with van der Waals surface area (Å²) < 4.78 is 1.90. The van der Waals surface area contributed by atoms with E-state index in [4.69, 9.17) is 5.73 Å². The number of benzene rings is 1. The number of carbonyl (C=O) groups is 2. The van der Waals surface area contributed by atoms with Gasteiger partial charge in [-0.15, -0.1) is 0 Å². The molecule has 4 heterocycles. The molecule has 29 heavy (non-hydrogen) atoms. The summed E-state index contributed by atoms with van der Waals surface area (Å²) in [5, 5.41) is 4.39. The van der Waals surface area contributed by atoms with E-state index >= 15 is 0 Å². The molecule has 2 amide bonds. The standard InChI is InChI=1S/C22H27N5O2/c23-22(29)21-17-11-16(19-7-3-8-20(28)27(19)21)13-25(14-17)12-15-5-1-2-6-18(15)26-10-4-9-24-26/h1-2,4-6,9-10,16-17,19,21H,3,7-8,11-14H2,(H2,23,29)/t16-,17+,19-,21+/m0/s1. The molecule has 7 heteroatoms. The summed E-state index contributed by atoms with van der Waals surface area (Å²) in [6.07, 6.45) is 7.16. The van der Waals surface area contributed by atoms with Crippen LogP contribution >= 0.6 is 0 Å². The molecule has 152 valence electrons. The minimum Gasteiger partial charge on any atom is -0.368 e. The van der Waals surface area contributed by atoms with Crippen molar-refractivity contribution in [3.8, 4) is 5.69 Å². The fourth-order valence-corrected chi connectivity index (χ4v) is 5.77. The number of piperidine rings is 3. The first-order valence-electron chi connectivity index (χ1n) is 10.5. The average molecular weight is 393 g/mol. The highest BCUT2D eigenvalue weighted by Gasteiger charge is 2.51. The Bertz CT molecular complexity index is 912. The van der Waals surface area contributed by atoms with Gasteiger partial charge in [0.1, 0.15) is 6.04 Å². The molecule has 1 aromatic heterocycles. The number of fused-ring (bicyclic) bond motifs is 4. The number of nitrogens with zero attached hydrogens (tertiary/aromatic N) is 4. The molecule has 4 atom stereocenters. The molecular weight excluding hydrogens is 366 g/mol. The van der Waals surface area contributed by atoms with Crippen LogP contribution in [-0.4, -0.2) is 56.6 Å². The van der Waals surface area contributed by atoms with Crippen LogP contribution in [0.15, 0.2) is 42.7 Å². The monoisotopic (exact) mass is 393 g/mol. The number of hydrogen-bond acceptors (Lipinski definition) is 4. The number of amides is 2. The summed E-state index contributed by atoms with van der Waals surface area (Å²) in [5.74, 6) is 0.275. The topological polar surface area (TPSA) is 84.5 Å². The number of nitrogens with two attached hydrogens (primary N) is 1. The molecule has 5 rings (SSSR count). The highest BCUT2D eigenvalue weighted by Crippen LogP contribution is 2.42. The largest absolute Gasteiger partial charge is 0.368 e. The van der Waals surface area contributed by atoms with Gasteiger partial charge in [-0.05, 0) is 42.9 Å². The zero-order valence-electron chi connectivity index (χ0n) is 16.5. The number of para-hydroxylation sites is 1. The van der Waals surface area contributed by atoms with E-state index in [1.807, 2.05) is 27.9 Å². The van der Waals surface area contributed by atoms with E-state index in [9.17, 15) is 9.59 Å². The fourth-order valence-electron chi connectivity index (χ4n) is 5.77. The van der Waals surface area contributed by atoms with Crippen LogP contribution in [0.2, 0.25) is 0 Å². The van der Waals surface area contributed by atoms with Gasteiger partial charge in [-0.1, -0.05) is 18.2 Å². The van der Waals surface area contributed by atoms with Gasteiger partial charge in [0.2, 0.25) is 11.8 Å². The minimum absolute atomic E-state index is 0.109. The van der Waals surface area contributed by atoms with Gasteiger partial charge in [-0.3, -0.25) is 14.5 Å². The molecule has 3 aliphatic heterocycles. The van der Waals surface area contributed by atoms with Crippen LogP contribution in [0.25, 0.3) is 5.69 Å². The van der Waals surface area contributed by atoms with E-state index in [-0.39, 0.29) is 23.8 Å². The number of likely N-dealkylation sites (tertiary alicyclic amines) is 1. The van der Waals surface area contributed by atoms with Gasteiger partial charge in [0.05, 0.1) is 5.69 Å². The molecule has 1 aromatic carbocycles. The predicted molar refractivity (Wildman–Crippen MR) is 108 cm³/mol. The van der Waals surface area contributed by atoms with E-state index in [0.29, 0.717) is 12.3 Å². The lowest BCUT2D eigenvalue weighted by Crippen LogP contribution is -2.67. The van der Waals surface area contributed by atoms with Crippen LogP contribution in [-0.2, 0) is 16.1 Å². The Labute approximate surface area is 170 Å². The van der Waals surface area contributed by atoms with Crippen molar-refractivity contribution in [3.63, 3.8) is 0 Å². The van der Waals surface area contributed by atoms with Gasteiger partial charge >= 0.3 is 0 Å². The second-order valence-electron chi connectivity index (χ2n) is 8.64. The van der Waals surface area contributed by atoms with Crippen LogP contribution in [0.1, 0.15) is 31.2 Å². The van der Waals surface area contributed by atoms with Crippen molar-refractivity contribution < 1.29 is 9.59 Å². The Morgan fingerprint density at radius 3 is 2.79 bits per heavy atom. The lowest BCUT2D eigenvalue weighted by molar-refractivity contribution is -0.159. The van der Waals surface area contributed by atoms with Crippen LogP contribution in [0.3, 0.4) is 0 Å². The van der Waals surface area contributed by atoms with E-state index < -0.39 is 6.04 Å². The second-order valence-corrected chi connectivity index (χ2v) is 8.64. The normalized spacial score (nSPS) is 29.5. The maximum absolute atomic E-state index is 12.6. The lowest BCUT2D eigenvalue weighted by atomic mass is 9.71.